The number of aromatic nitrogens is 4. The Morgan fingerprint density at radius 3 is 2.72 bits per heavy atom. The van der Waals surface area contributed by atoms with Gasteiger partial charge in [-0.05, 0) is 41.4 Å². The molecule has 0 bridgehead atoms. The van der Waals surface area contributed by atoms with Crippen LogP contribution in [0.4, 0.5) is 0 Å². The molecule has 3 aromatic rings. The molecule has 0 saturated heterocycles. The van der Waals surface area contributed by atoms with E-state index in [4.69, 9.17) is 11.6 Å². The van der Waals surface area contributed by atoms with Gasteiger partial charge < -0.3 is 0 Å². The lowest BCUT2D eigenvalue weighted by Gasteiger charge is -2.05. The molecule has 4 nitrogen and oxygen atoms in total. The van der Waals surface area contributed by atoms with Gasteiger partial charge >= 0.3 is 0 Å². The zero-order valence-electron chi connectivity index (χ0n) is 9.61. The van der Waals surface area contributed by atoms with Crippen LogP contribution in [0.3, 0.4) is 0 Å². The van der Waals surface area contributed by atoms with Gasteiger partial charge in [-0.2, -0.15) is 4.98 Å². The second kappa shape index (κ2) is 4.29. The summed E-state index contributed by atoms with van der Waals surface area (Å²) in [5, 5.41) is 2.22. The number of nitrogens with zero attached hydrogens (tertiary/aromatic N) is 4. The average molecular weight is 344 g/mol. The van der Waals surface area contributed by atoms with Crippen LogP contribution in [0.1, 0.15) is 11.5 Å². The molecule has 0 saturated carbocycles. The van der Waals surface area contributed by atoms with E-state index in [0.717, 1.165) is 32.0 Å². The van der Waals surface area contributed by atoms with Crippen LogP contribution in [0, 0.1) is 13.8 Å². The van der Waals surface area contributed by atoms with Crippen LogP contribution in [0.2, 0.25) is 5.28 Å². The maximum atomic E-state index is 5.99. The lowest BCUT2D eigenvalue weighted by Crippen LogP contribution is -2.00. The third-order valence-corrected chi connectivity index (χ3v) is 4.60. The van der Waals surface area contributed by atoms with Crippen molar-refractivity contribution >= 4 is 49.1 Å². The predicted molar refractivity (Wildman–Crippen MR) is 76.7 cm³/mol. The average Bonchev–Trinajstić information content (AvgIpc) is 2.82. The predicted octanol–water partition coefficient (Wildman–Crippen LogP) is 3.91. The lowest BCUT2D eigenvalue weighted by molar-refractivity contribution is 0.937. The van der Waals surface area contributed by atoms with Crippen molar-refractivity contribution in [2.75, 3.05) is 0 Å². The largest absolute Gasteiger partial charge is 0.287 e. The van der Waals surface area contributed by atoms with Crippen LogP contribution in [0.15, 0.2) is 16.0 Å². The van der Waals surface area contributed by atoms with E-state index in [1.165, 1.54) is 0 Å². The van der Waals surface area contributed by atoms with Crippen molar-refractivity contribution in [3.05, 3.63) is 32.9 Å². The number of thiophene rings is 1. The highest BCUT2D eigenvalue weighted by Gasteiger charge is 2.14. The third-order valence-electron chi connectivity index (χ3n) is 2.56. The monoisotopic (exact) mass is 342 g/mol. The molecule has 3 heterocycles. The Hall–Kier alpha value is -0.980. The van der Waals surface area contributed by atoms with Crippen molar-refractivity contribution in [3.8, 4) is 5.82 Å². The Morgan fingerprint density at radius 2 is 2.06 bits per heavy atom. The van der Waals surface area contributed by atoms with E-state index in [-0.39, 0.29) is 5.28 Å². The Labute approximate surface area is 121 Å². The van der Waals surface area contributed by atoms with Crippen LogP contribution >= 0.6 is 38.9 Å². The molecule has 3 rings (SSSR count). The molecule has 0 aliphatic carbocycles. The molecule has 0 atom stereocenters. The van der Waals surface area contributed by atoms with Gasteiger partial charge in [0.1, 0.15) is 11.3 Å². The number of rotatable bonds is 1. The minimum atomic E-state index is 0.238. The quantitative estimate of drug-likeness (QED) is 0.629. The molecule has 0 aromatic carbocycles. The summed E-state index contributed by atoms with van der Waals surface area (Å²) < 4.78 is 3.86. The Bertz CT molecular complexity index is 749. The summed E-state index contributed by atoms with van der Waals surface area (Å²) in [7, 11) is 0. The zero-order valence-corrected chi connectivity index (χ0v) is 12.8. The van der Waals surface area contributed by atoms with Crippen molar-refractivity contribution < 1.29 is 0 Å². The molecule has 92 valence electrons. The minimum absolute atomic E-state index is 0.238. The number of imidazole rings is 1. The molecular weight excluding hydrogens is 336 g/mol. The van der Waals surface area contributed by atoms with Crippen molar-refractivity contribution in [2.45, 2.75) is 13.8 Å². The highest BCUT2D eigenvalue weighted by Crippen LogP contribution is 2.33. The summed E-state index contributed by atoms with van der Waals surface area (Å²) in [6.07, 6.45) is 1.95. The van der Waals surface area contributed by atoms with Gasteiger partial charge in [-0.3, -0.25) is 4.57 Å². The summed E-state index contributed by atoms with van der Waals surface area (Å²) in [4.78, 5) is 13.0. The minimum Gasteiger partial charge on any atom is -0.287 e. The van der Waals surface area contributed by atoms with E-state index in [1.54, 1.807) is 11.3 Å². The molecule has 0 radical (unpaired) electrons. The molecule has 0 aliphatic heterocycles. The van der Waals surface area contributed by atoms with E-state index in [0.29, 0.717) is 0 Å². The Morgan fingerprint density at radius 1 is 1.28 bits per heavy atom. The van der Waals surface area contributed by atoms with Crippen molar-refractivity contribution in [1.82, 2.24) is 19.5 Å². The van der Waals surface area contributed by atoms with Gasteiger partial charge in [0.25, 0.3) is 0 Å². The van der Waals surface area contributed by atoms with Crippen LogP contribution in [-0.2, 0) is 0 Å². The SMILES string of the molecule is Cc1cn(-c2nc(Cl)nc3c(Br)csc23)c(C)n1. The van der Waals surface area contributed by atoms with Crippen LogP contribution in [0.25, 0.3) is 16.0 Å². The van der Waals surface area contributed by atoms with Gasteiger partial charge in [0.05, 0.1) is 14.9 Å². The van der Waals surface area contributed by atoms with Gasteiger partial charge in [-0.15, -0.1) is 11.3 Å². The van der Waals surface area contributed by atoms with Gasteiger partial charge in [0.2, 0.25) is 5.28 Å². The molecule has 7 heteroatoms. The molecule has 0 N–H and O–H groups in total. The fraction of sp³-hybridized carbons (Fsp3) is 0.182. The molecule has 0 amide bonds. The van der Waals surface area contributed by atoms with Crippen molar-refractivity contribution in [3.63, 3.8) is 0 Å². The van der Waals surface area contributed by atoms with E-state index in [2.05, 4.69) is 30.9 Å². The van der Waals surface area contributed by atoms with Crippen molar-refractivity contribution in [1.29, 1.82) is 0 Å². The summed E-state index contributed by atoms with van der Waals surface area (Å²) in [5.41, 5.74) is 1.78. The maximum Gasteiger partial charge on any atom is 0.225 e. The Balaban J connectivity index is 2.38. The molecular formula is C11H8BrClN4S. The molecule has 0 unspecified atom stereocenters. The number of hydrogen-bond acceptors (Lipinski definition) is 4. The standard InChI is InChI=1S/C11H8BrClN4S/c1-5-3-17(6(2)14-5)10-9-8(7(12)4-18-9)15-11(13)16-10/h3-4H,1-2H3. The molecule has 3 aromatic heterocycles. The first-order chi connectivity index (χ1) is 8.56. The first-order valence-electron chi connectivity index (χ1n) is 5.19. The molecule has 0 fully saturated rings. The normalized spacial score (nSPS) is 11.3. The van der Waals surface area contributed by atoms with Crippen LogP contribution in [-0.4, -0.2) is 19.5 Å². The Kier molecular flexibility index (Phi) is 2.88. The second-order valence-corrected chi connectivity index (χ2v) is 5.95. The van der Waals surface area contributed by atoms with Gasteiger partial charge in [0.15, 0.2) is 5.82 Å². The molecule has 18 heavy (non-hydrogen) atoms. The summed E-state index contributed by atoms with van der Waals surface area (Å²) in [5.74, 6) is 1.66. The number of aryl methyl sites for hydroxylation is 2. The number of halogens is 2. The van der Waals surface area contributed by atoms with E-state index < -0.39 is 0 Å². The highest BCUT2D eigenvalue weighted by atomic mass is 79.9. The number of fused-ring (bicyclic) bond motifs is 1. The fourth-order valence-electron chi connectivity index (χ4n) is 1.84. The zero-order chi connectivity index (χ0) is 12.9. The topological polar surface area (TPSA) is 43.6 Å². The number of hydrogen-bond donors (Lipinski definition) is 0. The van der Waals surface area contributed by atoms with E-state index in [9.17, 15) is 0 Å². The summed E-state index contributed by atoms with van der Waals surface area (Å²) >= 11 is 11.0. The lowest BCUT2D eigenvalue weighted by atomic mass is 10.4. The van der Waals surface area contributed by atoms with E-state index >= 15 is 0 Å². The summed E-state index contributed by atoms with van der Waals surface area (Å²) in [6.45, 7) is 3.89. The van der Waals surface area contributed by atoms with E-state index in [1.807, 2.05) is 30.0 Å². The molecule has 0 spiro atoms. The fourth-order valence-corrected chi connectivity index (χ4v) is 3.56. The first kappa shape index (κ1) is 12.1. The molecule has 0 aliphatic rings. The first-order valence-corrected chi connectivity index (χ1v) is 7.24. The van der Waals surface area contributed by atoms with Crippen LogP contribution in [0.5, 0.6) is 0 Å². The van der Waals surface area contributed by atoms with Crippen LogP contribution < -0.4 is 0 Å². The van der Waals surface area contributed by atoms with Crippen molar-refractivity contribution in [2.24, 2.45) is 0 Å². The highest BCUT2D eigenvalue weighted by molar-refractivity contribution is 9.10. The van der Waals surface area contributed by atoms with Gasteiger partial charge in [-0.25, -0.2) is 9.97 Å². The summed E-state index contributed by atoms with van der Waals surface area (Å²) in [6, 6.07) is 0. The van der Waals surface area contributed by atoms with Gasteiger partial charge in [0, 0.05) is 11.6 Å². The van der Waals surface area contributed by atoms with Gasteiger partial charge in [-0.1, -0.05) is 0 Å². The maximum absolute atomic E-state index is 5.99. The second-order valence-electron chi connectivity index (χ2n) is 3.88. The third kappa shape index (κ3) is 1.84. The smallest absolute Gasteiger partial charge is 0.225 e.